The van der Waals surface area contributed by atoms with Crippen molar-refractivity contribution in [1.29, 1.82) is 0 Å². The molecule has 2 rings (SSSR count). The zero-order valence-electron chi connectivity index (χ0n) is 17.9. The number of carboxylic acid groups (broad SMARTS) is 1. The summed E-state index contributed by atoms with van der Waals surface area (Å²) in [6, 6.07) is 8.53. The van der Waals surface area contributed by atoms with Gasteiger partial charge in [0.05, 0.1) is 12.1 Å². The first kappa shape index (κ1) is 23.2. The van der Waals surface area contributed by atoms with Crippen LogP contribution in [0.25, 0.3) is 0 Å². The van der Waals surface area contributed by atoms with Gasteiger partial charge in [0.25, 0.3) is 5.91 Å². The highest BCUT2D eigenvalue weighted by atomic mass is 16.4. The Morgan fingerprint density at radius 1 is 1.14 bits per heavy atom. The predicted molar refractivity (Wildman–Crippen MR) is 113 cm³/mol. The molecule has 0 aliphatic carbocycles. The molecule has 0 radical (unpaired) electrons. The van der Waals surface area contributed by atoms with Crippen LogP contribution < -0.4 is 10.6 Å². The molecule has 7 heteroatoms. The summed E-state index contributed by atoms with van der Waals surface area (Å²) in [6.07, 6.45) is 0.664. The number of aliphatic hydroxyl groups excluding tert-OH is 1. The van der Waals surface area contributed by atoms with Crippen molar-refractivity contribution in [3.8, 4) is 0 Å². The average Bonchev–Trinajstić information content (AvgIpc) is 3.03. The highest BCUT2D eigenvalue weighted by Crippen LogP contribution is 2.31. The van der Waals surface area contributed by atoms with Gasteiger partial charge in [0.1, 0.15) is 0 Å². The summed E-state index contributed by atoms with van der Waals surface area (Å²) in [5.74, 6) is -0.575. The molecule has 4 N–H and O–H groups in total. The lowest BCUT2D eigenvalue weighted by Gasteiger charge is -2.37. The van der Waals surface area contributed by atoms with Crippen molar-refractivity contribution in [2.75, 3.05) is 6.54 Å². The van der Waals surface area contributed by atoms with Crippen LogP contribution in [0.2, 0.25) is 0 Å². The number of nitrogens with zero attached hydrogens (tertiary/aromatic N) is 1. The Labute approximate surface area is 173 Å². The molecule has 1 saturated heterocycles. The van der Waals surface area contributed by atoms with Gasteiger partial charge in [-0.25, -0.2) is 4.79 Å². The molecule has 1 heterocycles. The maximum atomic E-state index is 12.5. The summed E-state index contributed by atoms with van der Waals surface area (Å²) in [5.41, 5.74) is 1.04. The van der Waals surface area contributed by atoms with Gasteiger partial charge < -0.3 is 20.8 Å². The molecule has 0 bridgehead atoms. The SMILES string of the molecule is CC(CC[C@H](NC(=O)O)C(O)C(=O)N[C@H](C)c1ccccc1)N1CCCC1(C)C. The van der Waals surface area contributed by atoms with E-state index in [4.69, 9.17) is 5.11 Å². The van der Waals surface area contributed by atoms with Crippen LogP contribution in [0.4, 0.5) is 4.79 Å². The van der Waals surface area contributed by atoms with E-state index < -0.39 is 24.1 Å². The number of hydrogen-bond acceptors (Lipinski definition) is 4. The van der Waals surface area contributed by atoms with Crippen LogP contribution >= 0.6 is 0 Å². The maximum Gasteiger partial charge on any atom is 0.404 e. The van der Waals surface area contributed by atoms with Crippen LogP contribution in [-0.4, -0.2) is 57.4 Å². The van der Waals surface area contributed by atoms with Gasteiger partial charge in [0, 0.05) is 11.6 Å². The molecule has 29 heavy (non-hydrogen) atoms. The lowest BCUT2D eigenvalue weighted by molar-refractivity contribution is -0.131. The molecule has 0 saturated carbocycles. The highest BCUT2D eigenvalue weighted by molar-refractivity contribution is 5.82. The molecule has 7 nitrogen and oxygen atoms in total. The standard InChI is InChI=1S/C22H35N3O4/c1-15(25-14-8-13-22(25,3)4)11-12-18(24-21(28)29)19(26)20(27)23-16(2)17-9-6-5-7-10-17/h5-7,9-10,15-16,18-19,24,26H,8,11-14H2,1-4H3,(H,23,27)(H,28,29)/t15?,16-,18+,19?/m1/s1. The molecule has 1 aliphatic heterocycles. The van der Waals surface area contributed by atoms with E-state index in [0.717, 1.165) is 24.9 Å². The van der Waals surface area contributed by atoms with Crippen LogP contribution in [0.3, 0.4) is 0 Å². The molecule has 0 aromatic heterocycles. The Balaban J connectivity index is 1.97. The molecule has 2 unspecified atom stereocenters. The first-order valence-corrected chi connectivity index (χ1v) is 10.4. The first-order chi connectivity index (χ1) is 13.6. The quantitative estimate of drug-likeness (QED) is 0.506. The lowest BCUT2D eigenvalue weighted by atomic mass is 9.97. The monoisotopic (exact) mass is 405 g/mol. The second-order valence-corrected chi connectivity index (χ2v) is 8.68. The Bertz CT molecular complexity index is 680. The third kappa shape index (κ3) is 6.44. The normalized spacial score (nSPS) is 20.4. The predicted octanol–water partition coefficient (Wildman–Crippen LogP) is 2.90. The van der Waals surface area contributed by atoms with Crippen LogP contribution in [0.1, 0.15) is 65.0 Å². The number of aliphatic hydroxyl groups is 1. The molecule has 1 aliphatic rings. The van der Waals surface area contributed by atoms with Gasteiger partial charge in [0.2, 0.25) is 0 Å². The van der Waals surface area contributed by atoms with Crippen LogP contribution in [0.15, 0.2) is 30.3 Å². The van der Waals surface area contributed by atoms with E-state index in [2.05, 4.69) is 36.3 Å². The number of likely N-dealkylation sites (tertiary alicyclic amines) is 1. The number of nitrogens with one attached hydrogen (secondary N) is 2. The number of hydrogen-bond donors (Lipinski definition) is 4. The maximum absolute atomic E-state index is 12.5. The van der Waals surface area contributed by atoms with Gasteiger partial charge in [-0.2, -0.15) is 0 Å². The number of benzene rings is 1. The van der Waals surface area contributed by atoms with Crippen molar-refractivity contribution in [3.63, 3.8) is 0 Å². The summed E-state index contributed by atoms with van der Waals surface area (Å²) in [6.45, 7) is 9.41. The molecule has 1 fully saturated rings. The van der Waals surface area contributed by atoms with E-state index in [1.807, 2.05) is 37.3 Å². The van der Waals surface area contributed by atoms with Crippen molar-refractivity contribution in [2.45, 2.75) is 83.1 Å². The molecular weight excluding hydrogens is 370 g/mol. The van der Waals surface area contributed by atoms with E-state index in [9.17, 15) is 14.7 Å². The molecular formula is C22H35N3O4. The smallest absolute Gasteiger partial charge is 0.404 e. The van der Waals surface area contributed by atoms with Crippen molar-refractivity contribution in [3.05, 3.63) is 35.9 Å². The Kier molecular flexibility index (Phi) is 8.05. The summed E-state index contributed by atoms with van der Waals surface area (Å²) in [7, 11) is 0. The van der Waals surface area contributed by atoms with E-state index >= 15 is 0 Å². The fourth-order valence-electron chi connectivity index (χ4n) is 4.30. The fourth-order valence-corrected chi connectivity index (χ4v) is 4.30. The van der Waals surface area contributed by atoms with Gasteiger partial charge in [-0.05, 0) is 65.5 Å². The molecule has 4 atom stereocenters. The minimum atomic E-state index is -1.45. The third-order valence-electron chi connectivity index (χ3n) is 6.01. The molecule has 1 aromatic carbocycles. The van der Waals surface area contributed by atoms with Crippen molar-refractivity contribution in [2.24, 2.45) is 0 Å². The van der Waals surface area contributed by atoms with Crippen molar-refractivity contribution in [1.82, 2.24) is 15.5 Å². The zero-order valence-corrected chi connectivity index (χ0v) is 17.9. The molecule has 162 valence electrons. The van der Waals surface area contributed by atoms with E-state index in [1.54, 1.807) is 0 Å². The lowest BCUT2D eigenvalue weighted by Crippen LogP contribution is -2.51. The van der Waals surface area contributed by atoms with E-state index in [0.29, 0.717) is 12.8 Å². The van der Waals surface area contributed by atoms with Gasteiger partial charge in [0.15, 0.2) is 6.10 Å². The number of carbonyl (C=O) groups excluding carboxylic acids is 1. The van der Waals surface area contributed by atoms with Gasteiger partial charge in [-0.15, -0.1) is 0 Å². The van der Waals surface area contributed by atoms with Crippen LogP contribution in [0, 0.1) is 0 Å². The van der Waals surface area contributed by atoms with Crippen LogP contribution in [0.5, 0.6) is 0 Å². The fraction of sp³-hybridized carbons (Fsp3) is 0.636. The Hall–Kier alpha value is -2.12. The molecule has 2 amide bonds. The minimum Gasteiger partial charge on any atom is -0.465 e. The van der Waals surface area contributed by atoms with E-state index in [-0.39, 0.29) is 17.6 Å². The van der Waals surface area contributed by atoms with Gasteiger partial charge in [-0.3, -0.25) is 9.69 Å². The summed E-state index contributed by atoms with van der Waals surface area (Å²) < 4.78 is 0. The van der Waals surface area contributed by atoms with Gasteiger partial charge >= 0.3 is 6.09 Å². The van der Waals surface area contributed by atoms with Crippen LogP contribution in [-0.2, 0) is 4.79 Å². The van der Waals surface area contributed by atoms with Crippen molar-refractivity contribution >= 4 is 12.0 Å². The number of carbonyl (C=O) groups is 2. The number of rotatable bonds is 9. The second-order valence-electron chi connectivity index (χ2n) is 8.68. The molecule has 1 aromatic rings. The average molecular weight is 406 g/mol. The largest absolute Gasteiger partial charge is 0.465 e. The third-order valence-corrected chi connectivity index (χ3v) is 6.01. The van der Waals surface area contributed by atoms with Crippen molar-refractivity contribution < 1.29 is 19.8 Å². The number of amides is 2. The minimum absolute atomic E-state index is 0.121. The summed E-state index contributed by atoms with van der Waals surface area (Å²) in [4.78, 5) is 26.2. The Morgan fingerprint density at radius 2 is 1.79 bits per heavy atom. The highest BCUT2D eigenvalue weighted by Gasteiger charge is 2.36. The topological polar surface area (TPSA) is 102 Å². The Morgan fingerprint density at radius 3 is 2.34 bits per heavy atom. The zero-order chi connectivity index (χ0) is 21.6. The van der Waals surface area contributed by atoms with E-state index in [1.165, 1.54) is 0 Å². The van der Waals surface area contributed by atoms with Gasteiger partial charge in [-0.1, -0.05) is 30.3 Å². The summed E-state index contributed by atoms with van der Waals surface area (Å²) >= 11 is 0. The second kappa shape index (κ2) is 10.1. The summed E-state index contributed by atoms with van der Waals surface area (Å²) in [5, 5.41) is 24.8. The first-order valence-electron chi connectivity index (χ1n) is 10.4. The molecule has 0 spiro atoms.